The van der Waals surface area contributed by atoms with Crippen molar-refractivity contribution in [2.45, 2.75) is 46.2 Å². The van der Waals surface area contributed by atoms with Gasteiger partial charge in [-0.2, -0.15) is 0 Å². The summed E-state index contributed by atoms with van der Waals surface area (Å²) in [6.07, 6.45) is 8.12. The van der Waals surface area contributed by atoms with E-state index >= 15 is 0 Å². The predicted octanol–water partition coefficient (Wildman–Crippen LogP) is 5.95. The van der Waals surface area contributed by atoms with Gasteiger partial charge in [-0.05, 0) is 91.7 Å². The fourth-order valence-electron chi connectivity index (χ4n) is 6.54. The number of aldehydes is 2. The van der Waals surface area contributed by atoms with E-state index in [9.17, 15) is 23.2 Å². The highest BCUT2D eigenvalue weighted by molar-refractivity contribution is 6.30. The fourth-order valence-corrected chi connectivity index (χ4v) is 6.87. The summed E-state index contributed by atoms with van der Waals surface area (Å²) in [5.74, 6) is -1.73. The lowest BCUT2D eigenvalue weighted by Gasteiger charge is -2.22. The van der Waals surface area contributed by atoms with Crippen LogP contribution in [0.1, 0.15) is 53.5 Å². The molecule has 6 rings (SSSR count). The number of halogens is 3. The van der Waals surface area contributed by atoms with Crippen LogP contribution in [0.5, 0.6) is 0 Å². The van der Waals surface area contributed by atoms with Gasteiger partial charge in [-0.25, -0.2) is 13.8 Å². The van der Waals surface area contributed by atoms with E-state index in [2.05, 4.69) is 34.0 Å². The molecule has 9 nitrogen and oxygen atoms in total. The molecule has 0 spiro atoms. The fraction of sp³-hybridized carbons (Fsp3) is 0.382. The molecule has 2 aliphatic rings. The van der Waals surface area contributed by atoms with Gasteiger partial charge in [0, 0.05) is 41.8 Å². The zero-order valence-electron chi connectivity index (χ0n) is 26.6. The maximum Gasteiger partial charge on any atom is 0.305 e. The summed E-state index contributed by atoms with van der Waals surface area (Å²) in [6, 6.07) is 5.48. The minimum absolute atomic E-state index is 0.0105. The van der Waals surface area contributed by atoms with Gasteiger partial charge < -0.3 is 19.6 Å². The largest absolute Gasteiger partial charge is 0.481 e. The maximum absolute atomic E-state index is 14.2. The molecule has 1 aliphatic carbocycles. The molecule has 3 heterocycles. The van der Waals surface area contributed by atoms with Crippen LogP contribution in [0.4, 0.5) is 8.78 Å². The number of fused-ring (bicyclic) bond motifs is 2. The Morgan fingerprint density at radius 3 is 2.39 bits per heavy atom. The van der Waals surface area contributed by atoms with Crippen LogP contribution in [0.2, 0.25) is 5.02 Å². The lowest BCUT2D eigenvalue weighted by molar-refractivity contribution is -0.137. The third kappa shape index (κ3) is 7.32. The summed E-state index contributed by atoms with van der Waals surface area (Å²) in [4.78, 5) is 41.9. The third-order valence-electron chi connectivity index (χ3n) is 8.99. The summed E-state index contributed by atoms with van der Waals surface area (Å²) in [5.41, 5.74) is 4.45. The van der Waals surface area contributed by atoms with E-state index in [4.69, 9.17) is 16.7 Å². The molecule has 4 aromatic rings. The monoisotopic (exact) mass is 653 g/mol. The zero-order chi connectivity index (χ0) is 33.9. The van der Waals surface area contributed by atoms with Crippen molar-refractivity contribution in [2.24, 2.45) is 17.3 Å². The number of hydrogen-bond donors (Lipinski definition) is 2. The summed E-state index contributed by atoms with van der Waals surface area (Å²) < 4.78 is 30.1. The van der Waals surface area contributed by atoms with E-state index in [-0.39, 0.29) is 18.0 Å². The van der Waals surface area contributed by atoms with Crippen molar-refractivity contribution in [3.8, 4) is 11.1 Å². The minimum Gasteiger partial charge on any atom is -0.481 e. The topological polar surface area (TPSA) is 117 Å². The second kappa shape index (κ2) is 14.1. The van der Waals surface area contributed by atoms with Crippen LogP contribution in [0.3, 0.4) is 0 Å². The molecule has 2 N–H and O–H groups in total. The van der Waals surface area contributed by atoms with Crippen molar-refractivity contribution in [1.82, 2.24) is 24.6 Å². The molecule has 46 heavy (non-hydrogen) atoms. The van der Waals surface area contributed by atoms with Gasteiger partial charge in [0.15, 0.2) is 23.6 Å². The number of piperidine rings is 1. The minimum atomic E-state index is -1.10. The number of nitrogens with zero attached hydrogens (tertiary/aromatic N) is 4. The molecule has 2 fully saturated rings. The van der Waals surface area contributed by atoms with E-state index in [1.54, 1.807) is 41.3 Å². The number of aromatic nitrogens is 3. The van der Waals surface area contributed by atoms with Crippen molar-refractivity contribution < 1.29 is 28.3 Å². The number of imidazole rings is 1. The van der Waals surface area contributed by atoms with Crippen LogP contribution >= 0.6 is 11.6 Å². The number of hydrogen-bond acceptors (Lipinski definition) is 7. The normalized spacial score (nSPS) is 20.1. The molecule has 12 heteroatoms. The van der Waals surface area contributed by atoms with Gasteiger partial charge >= 0.3 is 5.97 Å². The predicted molar refractivity (Wildman–Crippen MR) is 172 cm³/mol. The standard InChI is InChI=1S/C18H18ClF2NO2.C9H15NO.C7H5N3O/c1-9-4-12(19)5-10(2)17(9)11-6-13(18(21)14(20)7-11)15(22-3)8-16(23)24;1-9(2)6-4-10(3)7(5-11)8(6)9;11-5-6-4-10-2-1-8-3-7(10)9-6/h4-7,15,22H,8H2,1-3H3,(H,23,24);5-8H,4H2,1-3H3;1-5H/t;6-,7+,8?;/m.0./s1. The van der Waals surface area contributed by atoms with Crippen molar-refractivity contribution >= 4 is 35.8 Å². The highest BCUT2D eigenvalue weighted by atomic mass is 35.5. The average molecular weight is 654 g/mol. The molecule has 0 amide bonds. The van der Waals surface area contributed by atoms with E-state index in [0.717, 1.165) is 41.5 Å². The number of likely N-dealkylation sites (N-methyl/N-ethyl adjacent to an activating group) is 1. The van der Waals surface area contributed by atoms with E-state index in [1.807, 2.05) is 20.9 Å². The van der Waals surface area contributed by atoms with Gasteiger partial charge in [-0.1, -0.05) is 25.4 Å². The van der Waals surface area contributed by atoms with Crippen LogP contribution in [-0.4, -0.2) is 69.6 Å². The Balaban J connectivity index is 0.000000179. The van der Waals surface area contributed by atoms with Crippen molar-refractivity contribution in [1.29, 1.82) is 0 Å². The first-order valence-electron chi connectivity index (χ1n) is 14.8. The summed E-state index contributed by atoms with van der Waals surface area (Å²) in [6.45, 7) is 9.32. The van der Waals surface area contributed by atoms with Crippen LogP contribution < -0.4 is 5.32 Å². The van der Waals surface area contributed by atoms with Gasteiger partial charge in [0.2, 0.25) is 0 Å². The molecular weight excluding hydrogens is 616 g/mol. The summed E-state index contributed by atoms with van der Waals surface area (Å²) >= 11 is 6.02. The molecule has 0 bridgehead atoms. The van der Waals surface area contributed by atoms with Gasteiger partial charge in [0.1, 0.15) is 12.0 Å². The Kier molecular flexibility index (Phi) is 10.7. The number of carbonyl (C=O) groups is 3. The summed E-state index contributed by atoms with van der Waals surface area (Å²) in [7, 11) is 3.55. The third-order valence-corrected chi connectivity index (χ3v) is 9.21. The number of likely N-dealkylation sites (tertiary alicyclic amines) is 1. The highest BCUT2D eigenvalue weighted by Crippen LogP contribution is 2.64. The number of aryl methyl sites for hydroxylation is 2. The Morgan fingerprint density at radius 1 is 1.20 bits per heavy atom. The Bertz CT molecular complexity index is 1700. The SMILES string of the molecule is CN1C[C@H]2C([C@H]1C=O)C2(C)C.CNC(CC(=O)O)c1cc(-c2c(C)cc(Cl)cc2C)cc(F)c1F.O=Cc1cn2ccncc2n1. The Labute approximate surface area is 271 Å². The first-order chi connectivity index (χ1) is 21.7. The number of nitrogens with one attached hydrogen (secondary N) is 1. The molecule has 244 valence electrons. The van der Waals surface area contributed by atoms with E-state index in [0.29, 0.717) is 39.5 Å². The molecule has 4 atom stereocenters. The highest BCUT2D eigenvalue weighted by Gasteiger charge is 2.65. The number of aliphatic carboxylic acids is 1. The maximum atomic E-state index is 14.2. The van der Waals surface area contributed by atoms with Crippen LogP contribution in [-0.2, 0) is 9.59 Å². The van der Waals surface area contributed by atoms with Crippen LogP contribution in [0.25, 0.3) is 16.8 Å². The second-order valence-electron chi connectivity index (χ2n) is 12.4. The van der Waals surface area contributed by atoms with Crippen molar-refractivity contribution in [2.75, 3.05) is 20.6 Å². The van der Waals surface area contributed by atoms with Crippen LogP contribution in [0, 0.1) is 42.7 Å². The molecular formula is C34H38ClF2N5O4. The molecule has 2 unspecified atom stereocenters. The zero-order valence-corrected chi connectivity index (χ0v) is 27.3. The quantitative estimate of drug-likeness (QED) is 0.235. The molecule has 2 aromatic carbocycles. The van der Waals surface area contributed by atoms with Crippen molar-refractivity contribution in [3.63, 3.8) is 0 Å². The Hall–Kier alpha value is -4.06. The number of carboxylic acid groups (broad SMARTS) is 1. The van der Waals surface area contributed by atoms with E-state index in [1.165, 1.54) is 13.1 Å². The van der Waals surface area contributed by atoms with Gasteiger partial charge in [-0.3, -0.25) is 19.5 Å². The van der Waals surface area contributed by atoms with Gasteiger partial charge in [-0.15, -0.1) is 0 Å². The van der Waals surface area contributed by atoms with Crippen LogP contribution in [0.15, 0.2) is 49.1 Å². The second-order valence-corrected chi connectivity index (χ2v) is 12.8. The number of benzene rings is 2. The smallest absolute Gasteiger partial charge is 0.305 e. The van der Waals surface area contributed by atoms with E-state index < -0.39 is 23.6 Å². The molecule has 2 aromatic heterocycles. The number of carbonyl (C=O) groups excluding carboxylic acids is 2. The first-order valence-corrected chi connectivity index (χ1v) is 15.2. The van der Waals surface area contributed by atoms with Gasteiger partial charge in [0.25, 0.3) is 0 Å². The Morgan fingerprint density at radius 2 is 1.87 bits per heavy atom. The molecule has 1 saturated carbocycles. The van der Waals surface area contributed by atoms with Crippen molar-refractivity contribution in [3.05, 3.63) is 88.1 Å². The molecule has 1 aliphatic heterocycles. The molecule has 1 saturated heterocycles. The lowest BCUT2D eigenvalue weighted by Crippen LogP contribution is -2.33. The lowest BCUT2D eigenvalue weighted by atomic mass is 9.92. The summed E-state index contributed by atoms with van der Waals surface area (Å²) in [5, 5.41) is 12.3. The van der Waals surface area contributed by atoms with Gasteiger partial charge in [0.05, 0.1) is 18.7 Å². The number of rotatable bonds is 7. The molecule has 0 radical (unpaired) electrons. The first kappa shape index (κ1) is 34.8. The number of carboxylic acids is 1. The average Bonchev–Trinajstić information content (AvgIpc) is 3.31.